The summed E-state index contributed by atoms with van der Waals surface area (Å²) in [6, 6.07) is 10.3. The topological polar surface area (TPSA) is 59.2 Å². The molecule has 3 aromatic rings. The Kier molecular flexibility index (Phi) is 3.32. The van der Waals surface area contributed by atoms with Gasteiger partial charge in [-0.25, -0.2) is 4.98 Å². The quantitative estimate of drug-likeness (QED) is 0.691. The summed E-state index contributed by atoms with van der Waals surface area (Å²) in [5.74, 6) is 1.47. The number of carbonyl (C=O) groups is 1. The maximum atomic E-state index is 12.9. The second kappa shape index (κ2) is 5.52. The van der Waals surface area contributed by atoms with E-state index in [2.05, 4.69) is 9.97 Å². The standard InChI is InChI=1S/C22H21N3O2/c1-13-10-14(8-9-23-13)19-12-24-20(27-19)15-4-7-17-18(11-15)25(16-5-6-16)21(26)22(17,2)3/h4,7-12,16H,5-6H2,1-3H3. The average Bonchev–Trinajstić information content (AvgIpc) is 3.31. The van der Waals surface area contributed by atoms with E-state index < -0.39 is 5.41 Å². The molecular weight excluding hydrogens is 338 g/mol. The normalized spacial score (nSPS) is 18.0. The zero-order chi connectivity index (χ0) is 18.8. The monoisotopic (exact) mass is 359 g/mol. The van der Waals surface area contributed by atoms with Crippen LogP contribution in [0.25, 0.3) is 22.8 Å². The van der Waals surface area contributed by atoms with Gasteiger partial charge in [0, 0.05) is 34.7 Å². The number of anilines is 1. The Bertz CT molecular complexity index is 1060. The maximum absolute atomic E-state index is 12.9. The van der Waals surface area contributed by atoms with Crippen molar-refractivity contribution in [2.45, 2.75) is 45.1 Å². The Morgan fingerprint density at radius 3 is 2.67 bits per heavy atom. The van der Waals surface area contributed by atoms with Gasteiger partial charge in [0.25, 0.3) is 0 Å². The van der Waals surface area contributed by atoms with E-state index >= 15 is 0 Å². The molecule has 1 aliphatic heterocycles. The van der Waals surface area contributed by atoms with Crippen LogP contribution in [0.2, 0.25) is 0 Å². The van der Waals surface area contributed by atoms with Crippen molar-refractivity contribution in [2.75, 3.05) is 4.90 Å². The van der Waals surface area contributed by atoms with E-state index in [9.17, 15) is 4.79 Å². The molecule has 0 atom stereocenters. The van der Waals surface area contributed by atoms with Crippen molar-refractivity contribution in [3.8, 4) is 22.8 Å². The molecule has 5 nitrogen and oxygen atoms in total. The van der Waals surface area contributed by atoms with Crippen LogP contribution in [0.1, 0.15) is 37.9 Å². The molecule has 1 fully saturated rings. The molecule has 5 rings (SSSR count). The minimum atomic E-state index is -0.479. The molecule has 2 aliphatic rings. The van der Waals surface area contributed by atoms with Crippen LogP contribution in [-0.2, 0) is 10.2 Å². The van der Waals surface area contributed by atoms with E-state index in [-0.39, 0.29) is 5.91 Å². The number of pyridine rings is 1. The number of hydrogen-bond donors (Lipinski definition) is 0. The van der Waals surface area contributed by atoms with Gasteiger partial charge in [-0.15, -0.1) is 0 Å². The first-order chi connectivity index (χ1) is 12.9. The summed E-state index contributed by atoms with van der Waals surface area (Å²) in [5.41, 5.74) is 4.39. The molecule has 0 N–H and O–H groups in total. The van der Waals surface area contributed by atoms with Crippen molar-refractivity contribution >= 4 is 11.6 Å². The van der Waals surface area contributed by atoms with Crippen LogP contribution in [0.5, 0.6) is 0 Å². The van der Waals surface area contributed by atoms with Crippen molar-refractivity contribution in [3.05, 3.63) is 54.0 Å². The minimum Gasteiger partial charge on any atom is -0.436 e. The number of carbonyl (C=O) groups excluding carboxylic acids is 1. The predicted molar refractivity (Wildman–Crippen MR) is 103 cm³/mol. The Hall–Kier alpha value is -2.95. The molecule has 2 aromatic heterocycles. The van der Waals surface area contributed by atoms with Gasteiger partial charge in [-0.2, -0.15) is 0 Å². The molecule has 0 unspecified atom stereocenters. The van der Waals surface area contributed by atoms with Crippen LogP contribution in [0.15, 0.2) is 47.1 Å². The lowest BCUT2D eigenvalue weighted by Crippen LogP contribution is -2.37. The second-order valence-electron chi connectivity index (χ2n) is 7.98. The third kappa shape index (κ3) is 2.49. The fraction of sp³-hybridized carbons (Fsp3) is 0.318. The highest BCUT2D eigenvalue weighted by Crippen LogP contribution is 2.47. The highest BCUT2D eigenvalue weighted by atomic mass is 16.4. The number of fused-ring (bicyclic) bond motifs is 1. The van der Waals surface area contributed by atoms with Crippen LogP contribution in [0, 0.1) is 6.92 Å². The number of aromatic nitrogens is 2. The van der Waals surface area contributed by atoms with Crippen molar-refractivity contribution < 1.29 is 9.21 Å². The number of hydrogen-bond acceptors (Lipinski definition) is 4. The van der Waals surface area contributed by atoms with Crippen LogP contribution in [0.4, 0.5) is 5.69 Å². The SMILES string of the molecule is Cc1cc(-c2cnc(-c3ccc4c(c3)N(C3CC3)C(=O)C4(C)C)o2)ccn1. The van der Waals surface area contributed by atoms with Gasteiger partial charge < -0.3 is 9.32 Å². The molecule has 1 saturated carbocycles. The Balaban J connectivity index is 1.56. The van der Waals surface area contributed by atoms with Gasteiger partial charge >= 0.3 is 0 Å². The summed E-state index contributed by atoms with van der Waals surface area (Å²) >= 11 is 0. The fourth-order valence-corrected chi connectivity index (χ4v) is 3.85. The number of nitrogens with zero attached hydrogens (tertiary/aromatic N) is 3. The summed E-state index contributed by atoms with van der Waals surface area (Å²) in [5, 5.41) is 0. The maximum Gasteiger partial charge on any atom is 0.237 e. The first-order valence-electron chi connectivity index (χ1n) is 9.32. The number of rotatable bonds is 3. The van der Waals surface area contributed by atoms with Crippen molar-refractivity contribution in [2.24, 2.45) is 0 Å². The van der Waals surface area contributed by atoms with E-state index in [1.807, 2.05) is 56.0 Å². The zero-order valence-corrected chi connectivity index (χ0v) is 15.7. The van der Waals surface area contributed by atoms with E-state index in [4.69, 9.17) is 4.42 Å². The molecule has 1 aromatic carbocycles. The third-order valence-corrected chi connectivity index (χ3v) is 5.53. The smallest absolute Gasteiger partial charge is 0.237 e. The van der Waals surface area contributed by atoms with Gasteiger partial charge in [0.2, 0.25) is 11.8 Å². The average molecular weight is 359 g/mol. The van der Waals surface area contributed by atoms with Gasteiger partial charge in [-0.3, -0.25) is 9.78 Å². The van der Waals surface area contributed by atoms with Gasteiger partial charge in [-0.1, -0.05) is 6.07 Å². The third-order valence-electron chi connectivity index (χ3n) is 5.53. The van der Waals surface area contributed by atoms with E-state index in [0.717, 1.165) is 40.9 Å². The molecule has 5 heteroatoms. The van der Waals surface area contributed by atoms with E-state index in [1.165, 1.54) is 0 Å². The minimum absolute atomic E-state index is 0.192. The number of amides is 1. The molecule has 3 heterocycles. The molecule has 0 radical (unpaired) electrons. The Morgan fingerprint density at radius 1 is 1.11 bits per heavy atom. The predicted octanol–water partition coefficient (Wildman–Crippen LogP) is 4.50. The zero-order valence-electron chi connectivity index (χ0n) is 15.7. The van der Waals surface area contributed by atoms with Crippen molar-refractivity contribution in [1.29, 1.82) is 0 Å². The van der Waals surface area contributed by atoms with Gasteiger partial charge in [0.15, 0.2) is 5.76 Å². The molecule has 0 bridgehead atoms. The summed E-state index contributed by atoms with van der Waals surface area (Å²) < 4.78 is 6.02. The van der Waals surface area contributed by atoms with Gasteiger partial charge in [0.05, 0.1) is 11.6 Å². The number of aryl methyl sites for hydroxylation is 1. The molecule has 1 amide bonds. The Labute approximate surface area is 158 Å². The number of oxazole rings is 1. The summed E-state index contributed by atoms with van der Waals surface area (Å²) in [4.78, 5) is 23.6. The summed E-state index contributed by atoms with van der Waals surface area (Å²) in [6.45, 7) is 5.96. The Morgan fingerprint density at radius 2 is 1.93 bits per heavy atom. The lowest BCUT2D eigenvalue weighted by molar-refractivity contribution is -0.122. The largest absolute Gasteiger partial charge is 0.436 e. The molecule has 0 spiro atoms. The van der Waals surface area contributed by atoms with E-state index in [1.54, 1.807) is 12.4 Å². The first kappa shape index (κ1) is 16.2. The highest BCUT2D eigenvalue weighted by molar-refractivity contribution is 6.08. The molecule has 1 aliphatic carbocycles. The van der Waals surface area contributed by atoms with Crippen LogP contribution < -0.4 is 4.90 Å². The van der Waals surface area contributed by atoms with E-state index in [0.29, 0.717) is 17.7 Å². The van der Waals surface area contributed by atoms with Crippen LogP contribution >= 0.6 is 0 Å². The first-order valence-corrected chi connectivity index (χ1v) is 9.32. The summed E-state index contributed by atoms with van der Waals surface area (Å²) in [6.07, 6.45) is 5.67. The van der Waals surface area contributed by atoms with Gasteiger partial charge in [0.1, 0.15) is 0 Å². The van der Waals surface area contributed by atoms with Gasteiger partial charge in [-0.05, 0) is 63.4 Å². The lowest BCUT2D eigenvalue weighted by atomic mass is 9.86. The molecular formula is C22H21N3O2. The fourth-order valence-electron chi connectivity index (χ4n) is 3.85. The number of benzene rings is 1. The molecule has 0 saturated heterocycles. The molecule has 136 valence electrons. The summed E-state index contributed by atoms with van der Waals surface area (Å²) in [7, 11) is 0. The lowest BCUT2D eigenvalue weighted by Gasteiger charge is -2.19. The van der Waals surface area contributed by atoms with Crippen LogP contribution in [0.3, 0.4) is 0 Å². The highest BCUT2D eigenvalue weighted by Gasteiger charge is 2.49. The second-order valence-corrected chi connectivity index (χ2v) is 7.98. The van der Waals surface area contributed by atoms with Crippen molar-refractivity contribution in [1.82, 2.24) is 9.97 Å². The van der Waals surface area contributed by atoms with Crippen LogP contribution in [-0.4, -0.2) is 21.9 Å². The molecule has 27 heavy (non-hydrogen) atoms. The van der Waals surface area contributed by atoms with Crippen molar-refractivity contribution in [3.63, 3.8) is 0 Å².